The Labute approximate surface area is 139 Å². The van der Waals surface area contributed by atoms with E-state index < -0.39 is 0 Å². The summed E-state index contributed by atoms with van der Waals surface area (Å²) >= 11 is 8.50. The van der Waals surface area contributed by atoms with Crippen LogP contribution in [-0.4, -0.2) is 11.5 Å². The minimum absolute atomic E-state index is 0.137. The fraction of sp³-hybridized carbons (Fsp3) is 0.312. The highest BCUT2D eigenvalue weighted by Crippen LogP contribution is 2.27. The van der Waals surface area contributed by atoms with E-state index in [0.717, 1.165) is 27.3 Å². The maximum atomic E-state index is 6.25. The molecule has 0 aliphatic rings. The third kappa shape index (κ3) is 3.93. The molecule has 106 valence electrons. The van der Waals surface area contributed by atoms with Gasteiger partial charge >= 0.3 is 0 Å². The van der Waals surface area contributed by atoms with Crippen LogP contribution in [0.1, 0.15) is 36.2 Å². The third-order valence-corrected chi connectivity index (χ3v) is 4.72. The van der Waals surface area contributed by atoms with E-state index in [1.807, 2.05) is 25.3 Å². The fourth-order valence-electron chi connectivity index (χ4n) is 2.06. The van der Waals surface area contributed by atoms with Gasteiger partial charge in [-0.1, -0.05) is 30.7 Å². The average molecular weight is 401 g/mol. The molecule has 1 heterocycles. The Kier molecular flexibility index (Phi) is 5.81. The molecule has 2 rings (SSSR count). The maximum Gasteiger partial charge on any atom is 0.0592 e. The van der Waals surface area contributed by atoms with Crippen LogP contribution in [0.25, 0.3) is 0 Å². The first-order valence-corrected chi connectivity index (χ1v) is 8.18. The van der Waals surface area contributed by atoms with Crippen LogP contribution in [0, 0.1) is 10.5 Å². The number of nitrogens with zero attached hydrogens (tertiary/aromatic N) is 1. The van der Waals surface area contributed by atoms with Gasteiger partial charge in [-0.2, -0.15) is 0 Å². The lowest BCUT2D eigenvalue weighted by atomic mass is 10.00. The molecule has 0 saturated heterocycles. The van der Waals surface area contributed by atoms with Gasteiger partial charge in [-0.25, -0.2) is 0 Å². The molecule has 4 heteroatoms. The second kappa shape index (κ2) is 7.38. The van der Waals surface area contributed by atoms with Gasteiger partial charge in [0.05, 0.1) is 11.1 Å². The van der Waals surface area contributed by atoms with Crippen molar-refractivity contribution in [3.8, 4) is 0 Å². The van der Waals surface area contributed by atoms with Crippen LogP contribution >= 0.6 is 34.2 Å². The van der Waals surface area contributed by atoms with Crippen LogP contribution < -0.4 is 5.32 Å². The molecule has 0 saturated carbocycles. The summed E-state index contributed by atoms with van der Waals surface area (Å²) in [6.45, 7) is 5.13. The SMILES string of the molecule is CCCNC(c1ccc(C)nc1)c1ccc(I)c(Cl)c1. The van der Waals surface area contributed by atoms with Crippen molar-refractivity contribution in [2.45, 2.75) is 26.3 Å². The number of nitrogens with one attached hydrogen (secondary N) is 1. The molecule has 1 N–H and O–H groups in total. The van der Waals surface area contributed by atoms with Crippen LogP contribution in [0.4, 0.5) is 0 Å². The van der Waals surface area contributed by atoms with Crippen molar-refractivity contribution >= 4 is 34.2 Å². The summed E-state index contributed by atoms with van der Waals surface area (Å²) in [5.74, 6) is 0. The third-order valence-electron chi connectivity index (χ3n) is 3.14. The normalized spacial score (nSPS) is 12.4. The first-order valence-electron chi connectivity index (χ1n) is 6.72. The van der Waals surface area contributed by atoms with E-state index >= 15 is 0 Å². The molecule has 0 aliphatic carbocycles. The molecule has 0 fully saturated rings. The average Bonchev–Trinajstić information content (AvgIpc) is 2.45. The standard InChI is InChI=1S/C16H18ClIN2/c1-3-8-19-16(13-5-4-11(2)20-10-13)12-6-7-15(18)14(17)9-12/h4-7,9-10,16,19H,3,8H2,1-2H3. The summed E-state index contributed by atoms with van der Waals surface area (Å²) in [7, 11) is 0. The lowest BCUT2D eigenvalue weighted by molar-refractivity contribution is 0.597. The minimum atomic E-state index is 0.137. The van der Waals surface area contributed by atoms with Crippen molar-refractivity contribution in [1.29, 1.82) is 0 Å². The van der Waals surface area contributed by atoms with E-state index in [1.54, 1.807) is 0 Å². The monoisotopic (exact) mass is 400 g/mol. The van der Waals surface area contributed by atoms with Gasteiger partial charge in [0, 0.05) is 15.5 Å². The summed E-state index contributed by atoms with van der Waals surface area (Å²) in [6.07, 6.45) is 3.03. The summed E-state index contributed by atoms with van der Waals surface area (Å²) in [5.41, 5.74) is 3.37. The van der Waals surface area contributed by atoms with Crippen LogP contribution in [0.15, 0.2) is 36.5 Å². The highest BCUT2D eigenvalue weighted by Gasteiger charge is 2.14. The zero-order valence-electron chi connectivity index (χ0n) is 11.7. The fourth-order valence-corrected chi connectivity index (χ4v) is 2.58. The Bertz CT molecular complexity index is 569. The van der Waals surface area contributed by atoms with E-state index in [-0.39, 0.29) is 6.04 Å². The Balaban J connectivity index is 2.35. The molecule has 0 radical (unpaired) electrons. The molecule has 1 unspecified atom stereocenters. The molecule has 2 nitrogen and oxygen atoms in total. The Morgan fingerprint density at radius 2 is 2.00 bits per heavy atom. The second-order valence-electron chi connectivity index (χ2n) is 4.79. The summed E-state index contributed by atoms with van der Waals surface area (Å²) < 4.78 is 1.07. The van der Waals surface area contributed by atoms with Gasteiger partial charge in [0.15, 0.2) is 0 Å². The molecule has 0 aliphatic heterocycles. The first-order chi connectivity index (χ1) is 9.61. The number of benzene rings is 1. The molecule has 0 amide bonds. The minimum Gasteiger partial charge on any atom is -0.306 e. The van der Waals surface area contributed by atoms with Crippen LogP contribution in [0.2, 0.25) is 5.02 Å². The van der Waals surface area contributed by atoms with E-state index in [9.17, 15) is 0 Å². The number of hydrogen-bond acceptors (Lipinski definition) is 2. The zero-order valence-corrected chi connectivity index (χ0v) is 14.6. The highest BCUT2D eigenvalue weighted by atomic mass is 127. The Morgan fingerprint density at radius 3 is 2.60 bits per heavy atom. The second-order valence-corrected chi connectivity index (χ2v) is 6.36. The topological polar surface area (TPSA) is 24.9 Å². The van der Waals surface area contributed by atoms with Crippen LogP contribution in [0.5, 0.6) is 0 Å². The van der Waals surface area contributed by atoms with Gasteiger partial charge < -0.3 is 5.32 Å². The van der Waals surface area contributed by atoms with E-state index in [4.69, 9.17) is 11.6 Å². The lowest BCUT2D eigenvalue weighted by Crippen LogP contribution is -2.23. The molecular weight excluding hydrogens is 383 g/mol. The van der Waals surface area contributed by atoms with Crippen LogP contribution in [-0.2, 0) is 0 Å². The lowest BCUT2D eigenvalue weighted by Gasteiger charge is -2.20. The van der Waals surface area contributed by atoms with Gasteiger partial charge in [0.25, 0.3) is 0 Å². The molecule has 1 aromatic carbocycles. The van der Waals surface area contributed by atoms with Gasteiger partial charge in [-0.15, -0.1) is 0 Å². The predicted molar refractivity (Wildman–Crippen MR) is 93.3 cm³/mol. The number of rotatable bonds is 5. The zero-order chi connectivity index (χ0) is 14.5. The highest BCUT2D eigenvalue weighted by molar-refractivity contribution is 14.1. The van der Waals surface area contributed by atoms with Crippen molar-refractivity contribution < 1.29 is 0 Å². The number of aryl methyl sites for hydroxylation is 1. The number of pyridine rings is 1. The number of aromatic nitrogens is 1. The van der Waals surface area contributed by atoms with Crippen molar-refractivity contribution in [3.63, 3.8) is 0 Å². The van der Waals surface area contributed by atoms with E-state index in [2.05, 4.69) is 58.0 Å². The first kappa shape index (κ1) is 15.7. The molecule has 1 aromatic heterocycles. The Morgan fingerprint density at radius 1 is 1.25 bits per heavy atom. The van der Waals surface area contributed by atoms with Crippen LogP contribution in [0.3, 0.4) is 0 Å². The summed E-state index contributed by atoms with van der Waals surface area (Å²) in [6, 6.07) is 10.5. The number of halogens is 2. The summed E-state index contributed by atoms with van der Waals surface area (Å²) in [4.78, 5) is 4.40. The summed E-state index contributed by atoms with van der Waals surface area (Å²) in [5, 5.41) is 4.36. The molecular formula is C16H18ClIN2. The molecule has 0 bridgehead atoms. The molecule has 20 heavy (non-hydrogen) atoms. The van der Waals surface area contributed by atoms with E-state index in [1.165, 1.54) is 11.1 Å². The van der Waals surface area contributed by atoms with Gasteiger partial charge in [-0.3, -0.25) is 4.98 Å². The van der Waals surface area contributed by atoms with Gasteiger partial charge in [-0.05, 0) is 71.8 Å². The Hall–Kier alpha value is -0.650. The molecule has 2 aromatic rings. The van der Waals surface area contributed by atoms with E-state index in [0.29, 0.717) is 0 Å². The maximum absolute atomic E-state index is 6.25. The smallest absolute Gasteiger partial charge is 0.0592 e. The predicted octanol–water partition coefficient (Wildman–Crippen LogP) is 4.74. The number of hydrogen-bond donors (Lipinski definition) is 1. The van der Waals surface area contributed by atoms with Gasteiger partial charge in [0.2, 0.25) is 0 Å². The molecule has 0 spiro atoms. The van der Waals surface area contributed by atoms with Crippen molar-refractivity contribution in [3.05, 3.63) is 61.9 Å². The quantitative estimate of drug-likeness (QED) is 0.734. The van der Waals surface area contributed by atoms with Gasteiger partial charge in [0.1, 0.15) is 0 Å². The van der Waals surface area contributed by atoms with Crippen molar-refractivity contribution in [2.75, 3.05) is 6.54 Å². The van der Waals surface area contributed by atoms with Crippen molar-refractivity contribution in [1.82, 2.24) is 10.3 Å². The van der Waals surface area contributed by atoms with Crippen molar-refractivity contribution in [2.24, 2.45) is 0 Å². The largest absolute Gasteiger partial charge is 0.306 e. The molecule has 1 atom stereocenters.